The van der Waals surface area contributed by atoms with Crippen LogP contribution < -0.4 is 4.74 Å². The first-order valence-corrected chi connectivity index (χ1v) is 8.89. The molecule has 4 nitrogen and oxygen atoms in total. The Morgan fingerprint density at radius 2 is 1.62 bits per heavy atom. The van der Waals surface area contributed by atoms with Crippen LogP contribution >= 0.6 is 0 Å². The minimum Gasteiger partial charge on any atom is -0.494 e. The predicted octanol–water partition coefficient (Wildman–Crippen LogP) is 5.11. The molecule has 0 bridgehead atoms. The minimum atomic E-state index is -0.356. The normalized spacial score (nSPS) is 10.6. The van der Waals surface area contributed by atoms with Gasteiger partial charge in [0, 0.05) is 12.3 Å². The van der Waals surface area contributed by atoms with E-state index in [4.69, 9.17) is 9.47 Å². The molecule has 0 spiro atoms. The third kappa shape index (κ3) is 7.79. The van der Waals surface area contributed by atoms with E-state index in [1.807, 2.05) is 60.8 Å². The Labute approximate surface area is 155 Å². The second-order valence-corrected chi connectivity index (χ2v) is 5.80. The highest BCUT2D eigenvalue weighted by Crippen LogP contribution is 2.14. The number of para-hydroxylation sites is 1. The van der Waals surface area contributed by atoms with Gasteiger partial charge in [-0.2, -0.15) is 0 Å². The number of unbranched alkanes of at least 4 members (excludes halogenated alkanes) is 3. The van der Waals surface area contributed by atoms with Crippen LogP contribution in [0.2, 0.25) is 0 Å². The number of benzene rings is 2. The smallest absolute Gasteiger partial charge is 0.330 e. The first-order chi connectivity index (χ1) is 12.8. The van der Waals surface area contributed by atoms with Crippen LogP contribution in [0.25, 0.3) is 0 Å². The number of nitrogens with zero attached hydrogens (tertiary/aromatic N) is 1. The summed E-state index contributed by atoms with van der Waals surface area (Å²) in [5.74, 6) is 0.507. The zero-order valence-electron chi connectivity index (χ0n) is 15.0. The number of hydrogen-bond acceptors (Lipinski definition) is 4. The van der Waals surface area contributed by atoms with Crippen LogP contribution in [0.4, 0.5) is 5.69 Å². The largest absolute Gasteiger partial charge is 0.494 e. The fraction of sp³-hybridized carbons (Fsp3) is 0.273. The molecule has 0 aliphatic rings. The Morgan fingerprint density at radius 1 is 0.923 bits per heavy atom. The van der Waals surface area contributed by atoms with Crippen LogP contribution in [0.1, 0.15) is 31.2 Å². The van der Waals surface area contributed by atoms with Crippen molar-refractivity contribution in [2.75, 3.05) is 13.2 Å². The van der Waals surface area contributed by atoms with E-state index >= 15 is 0 Å². The minimum absolute atomic E-state index is 0.356. The maximum atomic E-state index is 10.9. The standard InChI is InChI=1S/C22H25NO3/c1-2-22(24)26-17-9-4-3-8-16-25-21-14-12-19(13-15-21)18-23-20-10-6-5-7-11-20/h2,5-7,10-15,18H,1,3-4,8-9,16-17H2. The lowest BCUT2D eigenvalue weighted by Crippen LogP contribution is -2.02. The Morgan fingerprint density at radius 3 is 2.31 bits per heavy atom. The molecule has 26 heavy (non-hydrogen) atoms. The van der Waals surface area contributed by atoms with Gasteiger partial charge in [0.25, 0.3) is 0 Å². The fourth-order valence-electron chi connectivity index (χ4n) is 2.29. The molecule has 0 aliphatic carbocycles. The maximum absolute atomic E-state index is 10.9. The molecule has 2 rings (SSSR count). The highest BCUT2D eigenvalue weighted by Gasteiger charge is 1.97. The van der Waals surface area contributed by atoms with E-state index in [1.165, 1.54) is 6.08 Å². The number of rotatable bonds is 11. The highest BCUT2D eigenvalue weighted by molar-refractivity contribution is 5.82. The molecule has 0 radical (unpaired) electrons. The topological polar surface area (TPSA) is 47.9 Å². The number of carbonyl (C=O) groups excluding carboxylic acids is 1. The summed E-state index contributed by atoms with van der Waals surface area (Å²) in [5.41, 5.74) is 1.97. The molecule has 0 saturated heterocycles. The Kier molecular flexibility index (Phi) is 8.70. The molecular formula is C22H25NO3. The van der Waals surface area contributed by atoms with Crippen molar-refractivity contribution in [2.45, 2.75) is 25.7 Å². The Balaban J connectivity index is 1.60. The first-order valence-electron chi connectivity index (χ1n) is 8.89. The molecule has 0 amide bonds. The van der Waals surface area contributed by atoms with Crippen LogP contribution in [0.5, 0.6) is 5.75 Å². The van der Waals surface area contributed by atoms with Crippen molar-refractivity contribution in [1.29, 1.82) is 0 Å². The number of carbonyl (C=O) groups is 1. The van der Waals surface area contributed by atoms with Crippen molar-refractivity contribution in [1.82, 2.24) is 0 Å². The van der Waals surface area contributed by atoms with Crippen molar-refractivity contribution in [3.8, 4) is 5.75 Å². The van der Waals surface area contributed by atoms with Crippen molar-refractivity contribution in [2.24, 2.45) is 4.99 Å². The van der Waals surface area contributed by atoms with E-state index in [0.717, 1.165) is 42.7 Å². The van der Waals surface area contributed by atoms with Gasteiger partial charge in [-0.25, -0.2) is 4.79 Å². The highest BCUT2D eigenvalue weighted by atomic mass is 16.5. The van der Waals surface area contributed by atoms with Crippen LogP contribution in [0.3, 0.4) is 0 Å². The number of hydrogen-bond donors (Lipinski definition) is 0. The molecule has 2 aromatic rings. The van der Waals surface area contributed by atoms with Gasteiger partial charge in [-0.3, -0.25) is 4.99 Å². The van der Waals surface area contributed by atoms with Gasteiger partial charge in [0.05, 0.1) is 18.9 Å². The van der Waals surface area contributed by atoms with E-state index in [-0.39, 0.29) is 5.97 Å². The second-order valence-electron chi connectivity index (χ2n) is 5.80. The maximum Gasteiger partial charge on any atom is 0.330 e. The number of ether oxygens (including phenoxy) is 2. The van der Waals surface area contributed by atoms with Gasteiger partial charge >= 0.3 is 5.97 Å². The molecule has 136 valence electrons. The Bertz CT molecular complexity index is 693. The average Bonchev–Trinajstić information content (AvgIpc) is 2.70. The van der Waals surface area contributed by atoms with Crippen molar-refractivity contribution in [3.05, 3.63) is 72.8 Å². The van der Waals surface area contributed by atoms with E-state index in [1.54, 1.807) is 0 Å². The van der Waals surface area contributed by atoms with Gasteiger partial charge in [0.2, 0.25) is 0 Å². The zero-order valence-corrected chi connectivity index (χ0v) is 15.0. The SMILES string of the molecule is C=CC(=O)OCCCCCCOc1ccc(C=Nc2ccccc2)cc1. The van der Waals surface area contributed by atoms with Gasteiger partial charge in [0.15, 0.2) is 0 Å². The molecule has 0 heterocycles. The fourth-order valence-corrected chi connectivity index (χ4v) is 2.29. The summed E-state index contributed by atoms with van der Waals surface area (Å²) in [6.07, 6.45) is 6.95. The van der Waals surface area contributed by atoms with Crippen LogP contribution in [0.15, 0.2) is 72.2 Å². The monoisotopic (exact) mass is 351 g/mol. The predicted molar refractivity (Wildman–Crippen MR) is 105 cm³/mol. The lowest BCUT2D eigenvalue weighted by molar-refractivity contribution is -0.137. The van der Waals surface area contributed by atoms with Gasteiger partial charge < -0.3 is 9.47 Å². The van der Waals surface area contributed by atoms with Gasteiger partial charge in [-0.1, -0.05) is 24.8 Å². The molecular weight excluding hydrogens is 326 g/mol. The van der Waals surface area contributed by atoms with E-state index in [9.17, 15) is 4.79 Å². The van der Waals surface area contributed by atoms with Crippen molar-refractivity contribution < 1.29 is 14.3 Å². The van der Waals surface area contributed by atoms with E-state index in [0.29, 0.717) is 13.2 Å². The molecule has 0 aromatic heterocycles. The van der Waals surface area contributed by atoms with Gasteiger partial charge in [-0.05, 0) is 67.6 Å². The molecule has 0 aliphatic heterocycles. The third-order valence-electron chi connectivity index (χ3n) is 3.72. The van der Waals surface area contributed by atoms with Crippen molar-refractivity contribution in [3.63, 3.8) is 0 Å². The van der Waals surface area contributed by atoms with Crippen LogP contribution in [0, 0.1) is 0 Å². The Hall–Kier alpha value is -2.88. The molecule has 0 unspecified atom stereocenters. The molecule has 0 N–H and O–H groups in total. The van der Waals surface area contributed by atoms with Crippen molar-refractivity contribution >= 4 is 17.9 Å². The lowest BCUT2D eigenvalue weighted by Gasteiger charge is -2.06. The zero-order chi connectivity index (χ0) is 18.5. The quantitative estimate of drug-likeness (QED) is 0.245. The van der Waals surface area contributed by atoms with Crippen LogP contribution in [-0.4, -0.2) is 25.4 Å². The van der Waals surface area contributed by atoms with E-state index in [2.05, 4.69) is 11.6 Å². The molecule has 0 fully saturated rings. The number of esters is 1. The van der Waals surface area contributed by atoms with Crippen LogP contribution in [-0.2, 0) is 9.53 Å². The third-order valence-corrected chi connectivity index (χ3v) is 3.72. The molecule has 0 saturated carbocycles. The average molecular weight is 351 g/mol. The summed E-state index contributed by atoms with van der Waals surface area (Å²) in [6, 6.07) is 17.8. The van der Waals surface area contributed by atoms with Gasteiger partial charge in [0.1, 0.15) is 5.75 Å². The summed E-state index contributed by atoms with van der Waals surface area (Å²) in [4.78, 5) is 15.3. The summed E-state index contributed by atoms with van der Waals surface area (Å²) in [6.45, 7) is 4.50. The van der Waals surface area contributed by atoms with E-state index < -0.39 is 0 Å². The molecule has 4 heteroatoms. The second kappa shape index (κ2) is 11.6. The summed E-state index contributed by atoms with van der Waals surface area (Å²) < 4.78 is 10.7. The summed E-state index contributed by atoms with van der Waals surface area (Å²) in [5, 5.41) is 0. The van der Waals surface area contributed by atoms with Gasteiger partial charge in [-0.15, -0.1) is 0 Å². The summed E-state index contributed by atoms with van der Waals surface area (Å²) >= 11 is 0. The lowest BCUT2D eigenvalue weighted by atomic mass is 10.2. The number of aliphatic imine (C=N–C) groups is 1. The molecule has 2 aromatic carbocycles. The summed E-state index contributed by atoms with van der Waals surface area (Å²) in [7, 11) is 0. The molecule has 0 atom stereocenters. The first kappa shape index (κ1) is 19.4.